The third-order valence-electron chi connectivity index (χ3n) is 2.34. The maximum atomic E-state index is 11.4. The minimum absolute atomic E-state index is 0.0887. The highest BCUT2D eigenvalue weighted by atomic mass is 16.5. The van der Waals surface area contributed by atoms with E-state index in [2.05, 4.69) is 17.0 Å². The monoisotopic (exact) mass is 261 g/mol. The number of anilines is 1. The molecular weight excluding hydrogens is 250 g/mol. The SMILES string of the molecule is C=CCOC(=O)Nc1cnn2ccc(C(=O)O)cc12. The predicted octanol–water partition coefficient (Wildman–Crippen LogP) is 1.77. The Morgan fingerprint density at radius 1 is 1.58 bits per heavy atom. The molecule has 0 aromatic carbocycles. The Morgan fingerprint density at radius 3 is 3.05 bits per heavy atom. The number of nitrogens with one attached hydrogen (secondary N) is 1. The molecule has 0 aliphatic carbocycles. The minimum atomic E-state index is -1.05. The van der Waals surface area contributed by atoms with Crippen LogP contribution in [-0.2, 0) is 4.74 Å². The van der Waals surface area contributed by atoms with Crippen LogP contribution in [0.3, 0.4) is 0 Å². The summed E-state index contributed by atoms with van der Waals surface area (Å²) in [6, 6.07) is 2.83. The standard InChI is InChI=1S/C12H11N3O4/c1-2-5-19-12(18)14-9-7-13-15-4-3-8(11(16)17)6-10(9)15/h2-4,6-7H,1,5H2,(H,14,18)(H,16,17). The molecule has 0 radical (unpaired) electrons. The topological polar surface area (TPSA) is 92.9 Å². The summed E-state index contributed by atoms with van der Waals surface area (Å²) in [5.41, 5.74) is 0.947. The van der Waals surface area contributed by atoms with Gasteiger partial charge in [0.1, 0.15) is 6.61 Å². The fraction of sp³-hybridized carbons (Fsp3) is 0.0833. The minimum Gasteiger partial charge on any atom is -0.478 e. The third kappa shape index (κ3) is 2.71. The molecule has 19 heavy (non-hydrogen) atoms. The zero-order valence-electron chi connectivity index (χ0n) is 9.87. The van der Waals surface area contributed by atoms with Gasteiger partial charge in [0.15, 0.2) is 0 Å². The number of aromatic carboxylic acids is 1. The van der Waals surface area contributed by atoms with E-state index in [1.54, 1.807) is 0 Å². The van der Waals surface area contributed by atoms with Crippen molar-refractivity contribution in [2.45, 2.75) is 0 Å². The lowest BCUT2D eigenvalue weighted by molar-refractivity contribution is 0.0697. The summed E-state index contributed by atoms with van der Waals surface area (Å²) < 4.78 is 6.22. The van der Waals surface area contributed by atoms with Gasteiger partial charge in [-0.1, -0.05) is 12.7 Å². The number of carboxylic acids is 1. The fourth-order valence-electron chi connectivity index (χ4n) is 1.49. The maximum absolute atomic E-state index is 11.4. The quantitative estimate of drug-likeness (QED) is 0.818. The lowest BCUT2D eigenvalue weighted by atomic mass is 10.2. The van der Waals surface area contributed by atoms with Crippen LogP contribution in [0.25, 0.3) is 5.52 Å². The summed E-state index contributed by atoms with van der Waals surface area (Å²) in [5.74, 6) is -1.05. The molecule has 2 rings (SSSR count). The summed E-state index contributed by atoms with van der Waals surface area (Å²) in [7, 11) is 0. The van der Waals surface area contributed by atoms with Crippen LogP contribution in [0.15, 0.2) is 37.2 Å². The first-order chi connectivity index (χ1) is 9.11. The first-order valence-electron chi connectivity index (χ1n) is 5.37. The van der Waals surface area contributed by atoms with Gasteiger partial charge in [0, 0.05) is 6.20 Å². The van der Waals surface area contributed by atoms with Crippen molar-refractivity contribution in [1.82, 2.24) is 9.61 Å². The number of carbonyl (C=O) groups is 2. The fourth-order valence-corrected chi connectivity index (χ4v) is 1.49. The summed E-state index contributed by atoms with van der Waals surface area (Å²) >= 11 is 0. The van der Waals surface area contributed by atoms with Crippen LogP contribution >= 0.6 is 0 Å². The number of ether oxygens (including phenoxy) is 1. The molecule has 0 bridgehead atoms. The van der Waals surface area contributed by atoms with E-state index in [1.807, 2.05) is 0 Å². The number of rotatable bonds is 4. The van der Waals surface area contributed by atoms with Crippen molar-refractivity contribution in [1.29, 1.82) is 0 Å². The summed E-state index contributed by atoms with van der Waals surface area (Å²) in [6.07, 6.45) is 3.70. The van der Waals surface area contributed by atoms with Gasteiger partial charge in [0.2, 0.25) is 0 Å². The van der Waals surface area contributed by atoms with Crippen molar-refractivity contribution >= 4 is 23.3 Å². The highest BCUT2D eigenvalue weighted by molar-refractivity contribution is 5.94. The lowest BCUT2D eigenvalue weighted by Gasteiger charge is -2.03. The first-order valence-corrected chi connectivity index (χ1v) is 5.37. The van der Waals surface area contributed by atoms with Crippen LogP contribution in [0.1, 0.15) is 10.4 Å². The number of hydrogen-bond donors (Lipinski definition) is 2. The second kappa shape index (κ2) is 5.21. The molecule has 2 aromatic rings. The number of hydrogen-bond acceptors (Lipinski definition) is 4. The van der Waals surface area contributed by atoms with Gasteiger partial charge in [-0.25, -0.2) is 14.1 Å². The van der Waals surface area contributed by atoms with Crippen molar-refractivity contribution in [3.63, 3.8) is 0 Å². The number of fused-ring (bicyclic) bond motifs is 1. The Kier molecular flexibility index (Phi) is 3.46. The van der Waals surface area contributed by atoms with E-state index in [0.29, 0.717) is 11.2 Å². The molecule has 2 N–H and O–H groups in total. The molecule has 7 nitrogen and oxygen atoms in total. The largest absolute Gasteiger partial charge is 0.478 e. The highest BCUT2D eigenvalue weighted by Gasteiger charge is 2.11. The lowest BCUT2D eigenvalue weighted by Crippen LogP contribution is -2.13. The van der Waals surface area contributed by atoms with E-state index < -0.39 is 12.1 Å². The van der Waals surface area contributed by atoms with E-state index in [0.717, 1.165) is 0 Å². The molecular formula is C12H11N3O4. The van der Waals surface area contributed by atoms with Crippen LogP contribution in [-0.4, -0.2) is 33.4 Å². The Labute approximate surface area is 108 Å². The second-order valence-electron chi connectivity index (χ2n) is 3.62. The van der Waals surface area contributed by atoms with Crippen molar-refractivity contribution in [3.8, 4) is 0 Å². The molecule has 0 fully saturated rings. The molecule has 0 atom stereocenters. The Balaban J connectivity index is 2.28. The number of aromatic nitrogens is 2. The second-order valence-corrected chi connectivity index (χ2v) is 3.62. The van der Waals surface area contributed by atoms with Crippen molar-refractivity contribution in [2.24, 2.45) is 0 Å². The summed E-state index contributed by atoms with van der Waals surface area (Å²) in [4.78, 5) is 22.3. The number of pyridine rings is 1. The normalized spacial score (nSPS) is 10.1. The average molecular weight is 261 g/mol. The average Bonchev–Trinajstić information content (AvgIpc) is 2.78. The molecule has 7 heteroatoms. The Bertz CT molecular complexity index is 647. The molecule has 0 saturated heterocycles. The van der Waals surface area contributed by atoms with Gasteiger partial charge in [-0.2, -0.15) is 5.10 Å². The van der Waals surface area contributed by atoms with Gasteiger partial charge in [0.05, 0.1) is 23.0 Å². The van der Waals surface area contributed by atoms with Gasteiger partial charge >= 0.3 is 12.1 Å². The molecule has 0 aliphatic rings. The van der Waals surface area contributed by atoms with Crippen LogP contribution in [0, 0.1) is 0 Å². The zero-order chi connectivity index (χ0) is 13.8. The van der Waals surface area contributed by atoms with Crippen LogP contribution < -0.4 is 5.32 Å². The number of carbonyl (C=O) groups excluding carboxylic acids is 1. The van der Waals surface area contributed by atoms with E-state index in [4.69, 9.17) is 9.84 Å². The molecule has 98 valence electrons. The van der Waals surface area contributed by atoms with E-state index in [9.17, 15) is 9.59 Å². The summed E-state index contributed by atoms with van der Waals surface area (Å²) in [6.45, 7) is 3.51. The van der Waals surface area contributed by atoms with Crippen LogP contribution in [0.2, 0.25) is 0 Å². The maximum Gasteiger partial charge on any atom is 0.412 e. The van der Waals surface area contributed by atoms with Gasteiger partial charge in [0.25, 0.3) is 0 Å². The molecule has 0 aliphatic heterocycles. The predicted molar refractivity (Wildman–Crippen MR) is 67.3 cm³/mol. The van der Waals surface area contributed by atoms with Gasteiger partial charge < -0.3 is 9.84 Å². The number of carboxylic acid groups (broad SMARTS) is 1. The van der Waals surface area contributed by atoms with E-state index >= 15 is 0 Å². The highest BCUT2D eigenvalue weighted by Crippen LogP contribution is 2.18. The van der Waals surface area contributed by atoms with Crippen molar-refractivity contribution < 1.29 is 19.4 Å². The van der Waals surface area contributed by atoms with E-state index in [1.165, 1.54) is 35.1 Å². The number of nitrogens with zero attached hydrogens (tertiary/aromatic N) is 2. The Hall–Kier alpha value is -2.83. The molecule has 0 spiro atoms. The van der Waals surface area contributed by atoms with Crippen molar-refractivity contribution in [2.75, 3.05) is 11.9 Å². The molecule has 2 aromatic heterocycles. The molecule has 2 heterocycles. The van der Waals surface area contributed by atoms with Crippen LogP contribution in [0.4, 0.5) is 10.5 Å². The van der Waals surface area contributed by atoms with Gasteiger partial charge in [-0.15, -0.1) is 0 Å². The zero-order valence-corrected chi connectivity index (χ0v) is 9.87. The first kappa shape index (κ1) is 12.6. The van der Waals surface area contributed by atoms with Gasteiger partial charge in [-0.3, -0.25) is 5.32 Å². The van der Waals surface area contributed by atoms with Crippen LogP contribution in [0.5, 0.6) is 0 Å². The summed E-state index contributed by atoms with van der Waals surface area (Å²) in [5, 5.41) is 15.4. The van der Waals surface area contributed by atoms with Crippen molar-refractivity contribution in [3.05, 3.63) is 42.7 Å². The molecule has 0 unspecified atom stereocenters. The number of amides is 1. The third-order valence-corrected chi connectivity index (χ3v) is 2.34. The smallest absolute Gasteiger partial charge is 0.412 e. The Morgan fingerprint density at radius 2 is 2.37 bits per heavy atom. The molecule has 1 amide bonds. The van der Waals surface area contributed by atoms with E-state index in [-0.39, 0.29) is 12.2 Å². The van der Waals surface area contributed by atoms with Gasteiger partial charge in [-0.05, 0) is 12.1 Å². The molecule has 0 saturated carbocycles.